The Morgan fingerprint density at radius 2 is 2.33 bits per heavy atom. The predicted molar refractivity (Wildman–Crippen MR) is 104 cm³/mol. The van der Waals surface area contributed by atoms with Gasteiger partial charge in [0.15, 0.2) is 0 Å². The third kappa shape index (κ3) is 3.75. The van der Waals surface area contributed by atoms with Gasteiger partial charge in [-0.25, -0.2) is 0 Å². The Hall–Kier alpha value is -1.86. The maximum atomic E-state index is 12.9. The topological polar surface area (TPSA) is 68.5 Å². The van der Waals surface area contributed by atoms with Crippen LogP contribution in [0, 0.1) is 6.92 Å². The van der Waals surface area contributed by atoms with Crippen LogP contribution in [0.15, 0.2) is 29.0 Å². The normalized spacial score (nSPS) is 20.8. The van der Waals surface area contributed by atoms with Crippen LogP contribution in [0.3, 0.4) is 0 Å². The third-order valence-electron chi connectivity index (χ3n) is 5.25. The number of ether oxygens (including phenoxy) is 1. The number of carbonyl (C=O) groups is 1. The fraction of sp³-hybridized carbons (Fsp3) is 0.550. The smallest absolute Gasteiger partial charge is 0.259 e. The van der Waals surface area contributed by atoms with Gasteiger partial charge in [-0.15, -0.1) is 11.8 Å². The third-order valence-corrected chi connectivity index (χ3v) is 6.83. The quantitative estimate of drug-likeness (QED) is 0.758. The molecule has 7 heteroatoms. The van der Waals surface area contributed by atoms with Crippen molar-refractivity contribution < 1.29 is 14.1 Å². The van der Waals surface area contributed by atoms with Crippen LogP contribution in [0.2, 0.25) is 0 Å². The molecule has 2 aliphatic heterocycles. The summed E-state index contributed by atoms with van der Waals surface area (Å²) >= 11 is 1.94. The van der Waals surface area contributed by atoms with Gasteiger partial charge in [-0.05, 0) is 31.4 Å². The summed E-state index contributed by atoms with van der Waals surface area (Å²) in [5.41, 5.74) is 2.46. The van der Waals surface area contributed by atoms with Crippen molar-refractivity contribution in [1.29, 1.82) is 0 Å². The molecule has 0 aromatic carbocycles. The summed E-state index contributed by atoms with van der Waals surface area (Å²) in [6, 6.07) is 3.96. The largest absolute Gasteiger partial charge is 0.373 e. The van der Waals surface area contributed by atoms with Gasteiger partial charge in [0.1, 0.15) is 11.3 Å². The fourth-order valence-electron chi connectivity index (χ4n) is 3.87. The summed E-state index contributed by atoms with van der Waals surface area (Å²) in [5, 5.41) is 4.00. The van der Waals surface area contributed by atoms with E-state index in [4.69, 9.17) is 9.26 Å². The Morgan fingerprint density at radius 3 is 3.07 bits per heavy atom. The number of hydrogen-bond donors (Lipinski definition) is 0. The summed E-state index contributed by atoms with van der Waals surface area (Å²) in [4.78, 5) is 19.0. The SMILES string of the molecule is CCCc1onc(C)c1C(=O)N1CC2(C[C@H](OCc3cccnc3)CS2)C1. The second-order valence-corrected chi connectivity index (χ2v) is 8.96. The van der Waals surface area contributed by atoms with E-state index in [1.54, 1.807) is 6.20 Å². The summed E-state index contributed by atoms with van der Waals surface area (Å²) in [5.74, 6) is 1.76. The van der Waals surface area contributed by atoms with E-state index in [1.807, 2.05) is 41.9 Å². The maximum Gasteiger partial charge on any atom is 0.259 e. The van der Waals surface area contributed by atoms with E-state index in [2.05, 4.69) is 17.1 Å². The minimum atomic E-state index is 0.0585. The van der Waals surface area contributed by atoms with Gasteiger partial charge < -0.3 is 14.2 Å². The van der Waals surface area contributed by atoms with Gasteiger partial charge in [0.2, 0.25) is 0 Å². The average Bonchev–Trinajstić information content (AvgIpc) is 3.24. The lowest BCUT2D eigenvalue weighted by atomic mass is 9.92. The van der Waals surface area contributed by atoms with E-state index in [0.29, 0.717) is 17.9 Å². The number of carbonyl (C=O) groups excluding carboxylic acids is 1. The second kappa shape index (κ2) is 7.64. The van der Waals surface area contributed by atoms with Crippen LogP contribution < -0.4 is 0 Å². The summed E-state index contributed by atoms with van der Waals surface area (Å²) in [7, 11) is 0. The maximum absolute atomic E-state index is 12.9. The molecule has 0 bridgehead atoms. The van der Waals surface area contributed by atoms with Crippen LogP contribution in [-0.4, -0.2) is 50.6 Å². The zero-order chi connectivity index (χ0) is 18.9. The van der Waals surface area contributed by atoms with Gasteiger partial charge in [0, 0.05) is 37.7 Å². The van der Waals surface area contributed by atoms with Crippen molar-refractivity contribution in [2.24, 2.45) is 0 Å². The molecule has 27 heavy (non-hydrogen) atoms. The molecule has 1 atom stereocenters. The number of amides is 1. The first kappa shape index (κ1) is 18.5. The molecule has 0 saturated carbocycles. The van der Waals surface area contributed by atoms with Crippen molar-refractivity contribution in [1.82, 2.24) is 15.0 Å². The van der Waals surface area contributed by atoms with Crippen molar-refractivity contribution in [3.05, 3.63) is 47.1 Å². The molecule has 2 aliphatic rings. The Bertz CT molecular complexity index is 802. The van der Waals surface area contributed by atoms with Crippen LogP contribution in [0.4, 0.5) is 0 Å². The molecule has 2 aromatic rings. The lowest BCUT2D eigenvalue weighted by molar-refractivity contribution is 0.0253. The van der Waals surface area contributed by atoms with E-state index in [1.165, 1.54) is 0 Å². The van der Waals surface area contributed by atoms with E-state index in [0.717, 1.165) is 49.4 Å². The minimum Gasteiger partial charge on any atom is -0.373 e. The van der Waals surface area contributed by atoms with Crippen LogP contribution in [0.1, 0.15) is 47.1 Å². The predicted octanol–water partition coefficient (Wildman–Crippen LogP) is 3.25. The number of thioether (sulfide) groups is 1. The Labute approximate surface area is 163 Å². The standard InChI is InChI=1S/C20H25N3O3S/c1-3-5-17-18(14(2)22-26-17)19(24)23-12-20(13-23)8-16(11-27-20)25-10-15-6-4-7-21-9-15/h4,6-7,9,16H,3,5,8,10-13H2,1-2H3/t16-/m0/s1. The molecular formula is C20H25N3O3S. The molecule has 6 nitrogen and oxygen atoms in total. The molecule has 144 valence electrons. The highest BCUT2D eigenvalue weighted by Gasteiger charge is 2.51. The van der Waals surface area contributed by atoms with Crippen LogP contribution in [0.5, 0.6) is 0 Å². The van der Waals surface area contributed by atoms with E-state index in [9.17, 15) is 4.79 Å². The Morgan fingerprint density at radius 1 is 1.48 bits per heavy atom. The van der Waals surface area contributed by atoms with Gasteiger partial charge in [-0.1, -0.05) is 18.1 Å². The van der Waals surface area contributed by atoms with Crippen molar-refractivity contribution in [3.63, 3.8) is 0 Å². The van der Waals surface area contributed by atoms with E-state index < -0.39 is 0 Å². The van der Waals surface area contributed by atoms with E-state index >= 15 is 0 Å². The van der Waals surface area contributed by atoms with E-state index in [-0.39, 0.29) is 16.8 Å². The first-order chi connectivity index (χ1) is 13.1. The van der Waals surface area contributed by atoms with Gasteiger partial charge in [0.25, 0.3) is 5.91 Å². The molecule has 2 saturated heterocycles. The van der Waals surface area contributed by atoms with Gasteiger partial charge in [-0.2, -0.15) is 0 Å². The zero-order valence-corrected chi connectivity index (χ0v) is 16.6. The molecule has 1 spiro atoms. The van der Waals surface area contributed by atoms with Crippen LogP contribution in [-0.2, 0) is 17.8 Å². The highest BCUT2D eigenvalue weighted by Crippen LogP contribution is 2.46. The average molecular weight is 388 g/mol. The summed E-state index contributed by atoms with van der Waals surface area (Å²) < 4.78 is 11.6. The molecule has 2 fully saturated rings. The molecule has 0 unspecified atom stereocenters. The number of hydrogen-bond acceptors (Lipinski definition) is 6. The second-order valence-electron chi connectivity index (χ2n) is 7.47. The number of likely N-dealkylation sites (tertiary alicyclic amines) is 1. The molecule has 0 N–H and O–H groups in total. The Kier molecular flexibility index (Phi) is 5.23. The molecule has 4 heterocycles. The molecule has 0 radical (unpaired) electrons. The number of aryl methyl sites for hydroxylation is 2. The Balaban J connectivity index is 1.31. The molecule has 2 aromatic heterocycles. The minimum absolute atomic E-state index is 0.0585. The van der Waals surface area contributed by atoms with Crippen LogP contribution in [0.25, 0.3) is 0 Å². The molecule has 1 amide bonds. The summed E-state index contributed by atoms with van der Waals surface area (Å²) in [6.45, 7) is 6.07. The number of aromatic nitrogens is 2. The highest BCUT2D eigenvalue weighted by molar-refractivity contribution is 8.01. The number of pyridine rings is 1. The summed E-state index contributed by atoms with van der Waals surface area (Å²) in [6.07, 6.45) is 6.53. The lowest BCUT2D eigenvalue weighted by Gasteiger charge is -2.47. The van der Waals surface area contributed by atoms with Crippen molar-refractivity contribution >= 4 is 17.7 Å². The van der Waals surface area contributed by atoms with Gasteiger partial charge in [-0.3, -0.25) is 9.78 Å². The lowest BCUT2D eigenvalue weighted by Crippen LogP contribution is -2.60. The van der Waals surface area contributed by atoms with Gasteiger partial charge in [0.05, 0.1) is 23.2 Å². The molecule has 4 rings (SSSR count). The highest BCUT2D eigenvalue weighted by atomic mass is 32.2. The monoisotopic (exact) mass is 387 g/mol. The van der Waals surface area contributed by atoms with Gasteiger partial charge >= 0.3 is 0 Å². The van der Waals surface area contributed by atoms with Crippen LogP contribution >= 0.6 is 11.8 Å². The van der Waals surface area contributed by atoms with Crippen molar-refractivity contribution in [2.75, 3.05) is 18.8 Å². The van der Waals surface area contributed by atoms with Crippen molar-refractivity contribution in [2.45, 2.75) is 50.6 Å². The van der Waals surface area contributed by atoms with Crippen molar-refractivity contribution in [3.8, 4) is 0 Å². The zero-order valence-electron chi connectivity index (χ0n) is 15.8. The molecule has 0 aliphatic carbocycles. The number of rotatable bonds is 6. The number of nitrogens with zero attached hydrogens (tertiary/aromatic N) is 3. The molecular weight excluding hydrogens is 362 g/mol. The first-order valence-electron chi connectivity index (χ1n) is 9.49. The first-order valence-corrected chi connectivity index (χ1v) is 10.5. The fourth-order valence-corrected chi connectivity index (χ4v) is 5.42.